The van der Waals surface area contributed by atoms with Gasteiger partial charge in [-0.3, -0.25) is 0 Å². The van der Waals surface area contributed by atoms with Gasteiger partial charge in [0.1, 0.15) is 5.75 Å². The molecule has 0 fully saturated rings. The predicted octanol–water partition coefficient (Wildman–Crippen LogP) is 5.78. The molecule has 0 bridgehead atoms. The molecule has 0 saturated heterocycles. The number of para-hydroxylation sites is 1. The highest BCUT2D eigenvalue weighted by atomic mass is 35.5. The van der Waals surface area contributed by atoms with Crippen LogP contribution in [-0.2, 0) is 12.8 Å². The summed E-state index contributed by atoms with van der Waals surface area (Å²) in [6, 6.07) is 17.1. The Morgan fingerprint density at radius 3 is 2.80 bits per heavy atom. The molecule has 0 spiro atoms. The molecule has 3 aromatic rings. The first-order valence-electron chi connectivity index (χ1n) is 8.84. The van der Waals surface area contributed by atoms with Crippen LogP contribution in [0.1, 0.15) is 41.6 Å². The molecule has 0 saturated carbocycles. The fraction of sp³-hybridized carbons (Fsp3) is 0.273. The van der Waals surface area contributed by atoms with Crippen LogP contribution in [0.15, 0.2) is 54.7 Å². The van der Waals surface area contributed by atoms with Crippen LogP contribution in [0.25, 0.3) is 5.69 Å². The van der Waals surface area contributed by atoms with Gasteiger partial charge >= 0.3 is 0 Å². The molecular weight excluding hydrogens is 330 g/mol. The first-order chi connectivity index (χ1) is 12.2. The predicted molar refractivity (Wildman–Crippen MR) is 103 cm³/mol. The maximum absolute atomic E-state index is 6.38. The quantitative estimate of drug-likeness (QED) is 0.583. The second-order valence-corrected chi connectivity index (χ2v) is 6.99. The Hall–Kier alpha value is -2.19. The Balaban J connectivity index is 1.93. The van der Waals surface area contributed by atoms with Crippen molar-refractivity contribution in [3.05, 3.63) is 82.1 Å². The zero-order valence-electron chi connectivity index (χ0n) is 14.6. The number of halogens is 1. The van der Waals surface area contributed by atoms with Gasteiger partial charge in [0.15, 0.2) is 0 Å². The molecule has 25 heavy (non-hydrogen) atoms. The Labute approximate surface area is 154 Å². The van der Waals surface area contributed by atoms with Gasteiger partial charge in [-0.1, -0.05) is 36.7 Å². The van der Waals surface area contributed by atoms with Crippen LogP contribution in [0.4, 0.5) is 0 Å². The van der Waals surface area contributed by atoms with Crippen molar-refractivity contribution in [2.75, 3.05) is 7.11 Å². The van der Waals surface area contributed by atoms with Crippen LogP contribution >= 0.6 is 11.6 Å². The number of hydrogen-bond donors (Lipinski definition) is 0. The molecule has 0 amide bonds. The number of ether oxygens (including phenoxy) is 1. The summed E-state index contributed by atoms with van der Waals surface area (Å²) in [4.78, 5) is 0. The summed E-state index contributed by atoms with van der Waals surface area (Å²) in [5.74, 6) is 1.29. The monoisotopic (exact) mass is 351 g/mol. The zero-order valence-corrected chi connectivity index (χ0v) is 15.4. The SMILES string of the molecule is CCc1cccc(C2CCc3cccn3-c3ccc(Cl)cc32)c1OC. The minimum Gasteiger partial charge on any atom is -0.496 e. The molecule has 2 aromatic carbocycles. The normalized spacial score (nSPS) is 16.0. The Kier molecular flexibility index (Phi) is 4.30. The molecule has 1 aliphatic rings. The van der Waals surface area contributed by atoms with E-state index in [2.05, 4.69) is 60.2 Å². The second-order valence-electron chi connectivity index (χ2n) is 6.56. The number of fused-ring (bicyclic) bond motifs is 3. The lowest BCUT2D eigenvalue weighted by Gasteiger charge is -2.22. The highest BCUT2D eigenvalue weighted by molar-refractivity contribution is 6.30. The summed E-state index contributed by atoms with van der Waals surface area (Å²) >= 11 is 6.38. The third kappa shape index (κ3) is 2.75. The number of aromatic nitrogens is 1. The number of hydrogen-bond acceptors (Lipinski definition) is 1. The summed E-state index contributed by atoms with van der Waals surface area (Å²) in [5, 5.41) is 0.782. The largest absolute Gasteiger partial charge is 0.496 e. The average molecular weight is 352 g/mol. The summed E-state index contributed by atoms with van der Waals surface area (Å²) < 4.78 is 8.12. The molecule has 1 atom stereocenters. The van der Waals surface area contributed by atoms with E-state index in [0.29, 0.717) is 0 Å². The molecule has 0 radical (unpaired) electrons. The topological polar surface area (TPSA) is 14.2 Å². The van der Waals surface area contributed by atoms with E-state index in [0.717, 1.165) is 30.0 Å². The van der Waals surface area contributed by atoms with Crippen LogP contribution in [0.3, 0.4) is 0 Å². The van der Waals surface area contributed by atoms with Crippen LogP contribution in [0.2, 0.25) is 5.02 Å². The van der Waals surface area contributed by atoms with Crippen molar-refractivity contribution in [2.45, 2.75) is 32.1 Å². The van der Waals surface area contributed by atoms with E-state index >= 15 is 0 Å². The first kappa shape index (κ1) is 16.3. The van der Waals surface area contributed by atoms with E-state index < -0.39 is 0 Å². The van der Waals surface area contributed by atoms with E-state index in [1.807, 2.05) is 6.07 Å². The van der Waals surface area contributed by atoms with E-state index in [9.17, 15) is 0 Å². The molecular formula is C22H22ClNO. The molecule has 2 nitrogen and oxygen atoms in total. The van der Waals surface area contributed by atoms with Crippen molar-refractivity contribution in [3.8, 4) is 11.4 Å². The number of aryl methyl sites for hydroxylation is 2. The fourth-order valence-electron chi connectivity index (χ4n) is 4.06. The standard InChI is InChI=1S/C22H22ClNO/c1-3-15-6-4-8-19(22(15)25-2)18-11-10-17-7-5-13-24(17)21-12-9-16(23)14-20(18)21/h4-9,12-14,18H,3,10-11H2,1-2H3. The minimum atomic E-state index is 0.273. The van der Waals surface area contributed by atoms with Crippen LogP contribution in [0.5, 0.6) is 5.75 Å². The fourth-order valence-corrected chi connectivity index (χ4v) is 4.24. The van der Waals surface area contributed by atoms with E-state index in [4.69, 9.17) is 16.3 Å². The Bertz CT molecular complexity index is 912. The number of methoxy groups -OCH3 is 1. The third-order valence-electron chi connectivity index (χ3n) is 5.23. The average Bonchev–Trinajstić information content (AvgIpc) is 3.04. The number of rotatable bonds is 3. The van der Waals surface area contributed by atoms with Crippen molar-refractivity contribution >= 4 is 11.6 Å². The minimum absolute atomic E-state index is 0.273. The van der Waals surface area contributed by atoms with Crippen molar-refractivity contribution < 1.29 is 4.74 Å². The number of benzene rings is 2. The van der Waals surface area contributed by atoms with Gasteiger partial charge in [0.05, 0.1) is 7.11 Å². The lowest BCUT2D eigenvalue weighted by atomic mass is 9.85. The molecule has 128 valence electrons. The smallest absolute Gasteiger partial charge is 0.125 e. The molecule has 4 rings (SSSR count). The molecule has 1 aromatic heterocycles. The molecule has 3 heteroatoms. The van der Waals surface area contributed by atoms with Gasteiger partial charge in [0.2, 0.25) is 0 Å². The molecule has 1 unspecified atom stereocenters. The first-order valence-corrected chi connectivity index (χ1v) is 9.22. The van der Waals surface area contributed by atoms with Crippen molar-refractivity contribution in [2.24, 2.45) is 0 Å². The van der Waals surface area contributed by atoms with E-state index in [1.165, 1.54) is 28.1 Å². The summed E-state index contributed by atoms with van der Waals surface area (Å²) in [5.41, 5.74) is 6.35. The van der Waals surface area contributed by atoms with Crippen LogP contribution in [-0.4, -0.2) is 11.7 Å². The maximum Gasteiger partial charge on any atom is 0.125 e. The Morgan fingerprint density at radius 2 is 2.00 bits per heavy atom. The second kappa shape index (κ2) is 6.61. The van der Waals surface area contributed by atoms with Gasteiger partial charge in [-0.25, -0.2) is 0 Å². The molecule has 0 N–H and O–H groups in total. The molecule has 0 aliphatic carbocycles. The Morgan fingerprint density at radius 1 is 1.12 bits per heavy atom. The summed E-state index contributed by atoms with van der Waals surface area (Å²) in [6.07, 6.45) is 5.18. The lowest BCUT2D eigenvalue weighted by Crippen LogP contribution is -2.07. The molecule has 2 heterocycles. The van der Waals surface area contributed by atoms with E-state index in [-0.39, 0.29) is 5.92 Å². The summed E-state index contributed by atoms with van der Waals surface area (Å²) in [6.45, 7) is 2.17. The van der Waals surface area contributed by atoms with Crippen molar-refractivity contribution in [1.82, 2.24) is 4.57 Å². The van der Waals surface area contributed by atoms with Crippen molar-refractivity contribution in [3.63, 3.8) is 0 Å². The van der Waals surface area contributed by atoms with Crippen molar-refractivity contribution in [1.29, 1.82) is 0 Å². The highest BCUT2D eigenvalue weighted by Crippen LogP contribution is 2.42. The zero-order chi connectivity index (χ0) is 17.4. The summed E-state index contributed by atoms with van der Waals surface area (Å²) in [7, 11) is 1.77. The van der Waals surface area contributed by atoms with Gasteiger partial charge in [0.25, 0.3) is 0 Å². The van der Waals surface area contributed by atoms with Gasteiger partial charge in [-0.15, -0.1) is 0 Å². The highest BCUT2D eigenvalue weighted by Gasteiger charge is 2.26. The van der Waals surface area contributed by atoms with Gasteiger partial charge in [0, 0.05) is 34.1 Å². The number of nitrogens with zero attached hydrogens (tertiary/aromatic N) is 1. The van der Waals surface area contributed by atoms with Crippen LogP contribution < -0.4 is 4.74 Å². The third-order valence-corrected chi connectivity index (χ3v) is 5.47. The maximum atomic E-state index is 6.38. The van der Waals surface area contributed by atoms with Gasteiger partial charge in [-0.05, 0) is 60.7 Å². The van der Waals surface area contributed by atoms with E-state index in [1.54, 1.807) is 7.11 Å². The van der Waals surface area contributed by atoms with Crippen LogP contribution in [0, 0.1) is 0 Å². The molecule has 1 aliphatic heterocycles. The van der Waals surface area contributed by atoms with Gasteiger partial charge < -0.3 is 9.30 Å². The lowest BCUT2D eigenvalue weighted by molar-refractivity contribution is 0.402. The van der Waals surface area contributed by atoms with Gasteiger partial charge in [-0.2, -0.15) is 0 Å².